The van der Waals surface area contributed by atoms with Gasteiger partial charge in [-0.2, -0.15) is 4.98 Å². The van der Waals surface area contributed by atoms with E-state index in [1.165, 1.54) is 44.4 Å². The number of anilines is 1. The molecule has 3 aromatic heterocycles. The third-order valence-electron chi connectivity index (χ3n) is 5.52. The average Bonchev–Trinajstić information content (AvgIpc) is 3.26. The van der Waals surface area contributed by atoms with Crippen molar-refractivity contribution in [2.75, 3.05) is 24.9 Å². The van der Waals surface area contributed by atoms with Crippen molar-refractivity contribution in [2.24, 2.45) is 5.92 Å². The van der Waals surface area contributed by atoms with Gasteiger partial charge in [0.25, 0.3) is 5.88 Å². The van der Waals surface area contributed by atoms with Crippen LogP contribution in [0.5, 0.6) is 17.5 Å². The Balaban J connectivity index is 0.000000468. The largest absolute Gasteiger partial charge is 0.478 e. The molecule has 0 spiro atoms. The van der Waals surface area contributed by atoms with Gasteiger partial charge < -0.3 is 14.8 Å². The van der Waals surface area contributed by atoms with Gasteiger partial charge in [-0.15, -0.1) is 11.3 Å². The number of aryl methyl sites for hydroxylation is 2. The van der Waals surface area contributed by atoms with Crippen molar-refractivity contribution < 1.29 is 13.7 Å². The van der Waals surface area contributed by atoms with Crippen LogP contribution in [0.15, 0.2) is 24.4 Å². The van der Waals surface area contributed by atoms with Gasteiger partial charge in [-0.25, -0.2) is 19.2 Å². The zero-order valence-electron chi connectivity index (χ0n) is 22.5. The van der Waals surface area contributed by atoms with Gasteiger partial charge in [-0.1, -0.05) is 13.8 Å². The number of ether oxygens (including phenoxy) is 2. The molecule has 0 aromatic carbocycles. The second-order valence-electron chi connectivity index (χ2n) is 9.18. The Kier molecular flexibility index (Phi) is 11.2. The van der Waals surface area contributed by atoms with Crippen LogP contribution in [-0.4, -0.2) is 49.6 Å². The highest BCUT2D eigenvalue weighted by Crippen LogP contribution is 2.39. The van der Waals surface area contributed by atoms with E-state index in [2.05, 4.69) is 43.8 Å². The molecule has 1 saturated heterocycles. The molecular weight excluding hydrogens is 508 g/mol. The Hall–Kier alpha value is -2.63. The summed E-state index contributed by atoms with van der Waals surface area (Å²) in [7, 11) is 0.266. The lowest BCUT2D eigenvalue weighted by molar-refractivity contribution is 0.361. The molecule has 0 amide bonds. The summed E-state index contributed by atoms with van der Waals surface area (Å²) >= 11 is 1.50. The molecule has 1 fully saturated rings. The third-order valence-corrected chi connectivity index (χ3v) is 7.76. The average molecular weight is 547 g/mol. The number of aromatic nitrogens is 4. The fraction of sp³-hybridized carbons (Fsp3) is 0.538. The molecule has 0 bridgehead atoms. The quantitative estimate of drug-likeness (QED) is 0.360. The van der Waals surface area contributed by atoms with Gasteiger partial charge in [-0.3, -0.25) is 4.72 Å². The zero-order chi connectivity index (χ0) is 26.8. The summed E-state index contributed by atoms with van der Waals surface area (Å²) in [6, 6.07) is 5.26. The first-order valence-corrected chi connectivity index (χ1v) is 14.7. The lowest BCUT2D eigenvalue weighted by atomic mass is 10.0. The summed E-state index contributed by atoms with van der Waals surface area (Å²) in [5.41, 5.74) is 0.770. The van der Waals surface area contributed by atoms with Crippen molar-refractivity contribution in [3.05, 3.63) is 35.2 Å². The van der Waals surface area contributed by atoms with Crippen molar-refractivity contribution >= 4 is 28.1 Å². The summed E-state index contributed by atoms with van der Waals surface area (Å²) in [5.74, 6) is 3.28. The minimum atomic E-state index is -1.24. The van der Waals surface area contributed by atoms with Crippen molar-refractivity contribution in [3.63, 3.8) is 0 Å². The minimum Gasteiger partial charge on any atom is -0.478 e. The maximum absolute atomic E-state index is 12.0. The first-order chi connectivity index (χ1) is 17.8. The first kappa shape index (κ1) is 28.9. The SMILES string of the molecule is CC1CCCNC1.CCCc1nccc(-c2sc(C)nc2Oc2ccc(NS(=O)C(C)C)nc2OC)n1. The maximum Gasteiger partial charge on any atom is 0.259 e. The van der Waals surface area contributed by atoms with Crippen LogP contribution < -0.4 is 19.5 Å². The number of methoxy groups -OCH3 is 1. The summed E-state index contributed by atoms with van der Waals surface area (Å²) in [6.45, 7) is 12.5. The third kappa shape index (κ3) is 8.72. The van der Waals surface area contributed by atoms with E-state index in [0.29, 0.717) is 17.4 Å². The molecular formula is C26H38N6O3S2. The lowest BCUT2D eigenvalue weighted by Gasteiger charge is -2.17. The second kappa shape index (κ2) is 14.3. The van der Waals surface area contributed by atoms with E-state index < -0.39 is 11.0 Å². The molecule has 2 N–H and O–H groups in total. The van der Waals surface area contributed by atoms with Crippen LogP contribution in [-0.2, 0) is 17.4 Å². The van der Waals surface area contributed by atoms with Crippen LogP contribution in [0.2, 0.25) is 0 Å². The predicted octanol–water partition coefficient (Wildman–Crippen LogP) is 5.55. The number of piperidine rings is 1. The van der Waals surface area contributed by atoms with E-state index in [-0.39, 0.29) is 11.1 Å². The van der Waals surface area contributed by atoms with Gasteiger partial charge in [0.2, 0.25) is 5.88 Å². The van der Waals surface area contributed by atoms with Crippen molar-refractivity contribution in [1.29, 1.82) is 0 Å². The molecule has 1 aliphatic rings. The molecule has 2 unspecified atom stereocenters. The lowest BCUT2D eigenvalue weighted by Crippen LogP contribution is -2.27. The topological polar surface area (TPSA) is 111 Å². The summed E-state index contributed by atoms with van der Waals surface area (Å²) in [4.78, 5) is 18.7. The molecule has 202 valence electrons. The number of hydrogen-bond acceptors (Lipinski definition) is 9. The molecule has 4 rings (SSSR count). The Morgan fingerprint density at radius 1 is 1.22 bits per heavy atom. The normalized spacial score (nSPS) is 16.0. The number of rotatable bonds is 9. The van der Waals surface area contributed by atoms with E-state index in [1.807, 2.05) is 26.8 Å². The summed E-state index contributed by atoms with van der Waals surface area (Å²) in [6.07, 6.45) is 6.34. The molecule has 2 atom stereocenters. The molecule has 3 aromatic rings. The van der Waals surface area contributed by atoms with Crippen LogP contribution in [0.4, 0.5) is 5.82 Å². The minimum absolute atomic E-state index is 0.0419. The van der Waals surface area contributed by atoms with Gasteiger partial charge in [-0.05, 0) is 77.2 Å². The molecule has 1 aliphatic heterocycles. The van der Waals surface area contributed by atoms with Crippen molar-refractivity contribution in [2.45, 2.75) is 65.6 Å². The van der Waals surface area contributed by atoms with Crippen molar-refractivity contribution in [3.8, 4) is 28.1 Å². The number of nitrogens with one attached hydrogen (secondary N) is 2. The van der Waals surface area contributed by atoms with E-state index in [0.717, 1.165) is 40.2 Å². The van der Waals surface area contributed by atoms with Gasteiger partial charge in [0.1, 0.15) is 27.5 Å². The van der Waals surface area contributed by atoms with Crippen LogP contribution in [0.1, 0.15) is 57.8 Å². The van der Waals surface area contributed by atoms with Gasteiger partial charge in [0.05, 0.1) is 17.8 Å². The number of thiazole rings is 1. The van der Waals surface area contributed by atoms with Gasteiger partial charge in [0.15, 0.2) is 5.75 Å². The second-order valence-corrected chi connectivity index (χ2v) is 12.1. The Morgan fingerprint density at radius 2 is 2.03 bits per heavy atom. The van der Waals surface area contributed by atoms with Crippen molar-refractivity contribution in [1.82, 2.24) is 25.3 Å². The molecule has 0 radical (unpaired) electrons. The highest BCUT2D eigenvalue weighted by molar-refractivity contribution is 7.86. The fourth-order valence-corrected chi connectivity index (χ4v) is 4.94. The highest BCUT2D eigenvalue weighted by atomic mass is 32.2. The molecule has 4 heterocycles. The fourth-order valence-electron chi connectivity index (χ4n) is 3.57. The molecule has 0 saturated carbocycles. The Morgan fingerprint density at radius 3 is 2.65 bits per heavy atom. The zero-order valence-corrected chi connectivity index (χ0v) is 24.2. The molecule has 11 heteroatoms. The highest BCUT2D eigenvalue weighted by Gasteiger charge is 2.19. The molecule has 0 aliphatic carbocycles. The monoisotopic (exact) mass is 546 g/mol. The molecule has 37 heavy (non-hydrogen) atoms. The van der Waals surface area contributed by atoms with Gasteiger partial charge >= 0.3 is 0 Å². The van der Waals surface area contributed by atoms with Crippen LogP contribution in [0.25, 0.3) is 10.6 Å². The van der Waals surface area contributed by atoms with E-state index in [1.54, 1.807) is 18.3 Å². The van der Waals surface area contributed by atoms with Gasteiger partial charge in [0, 0.05) is 17.9 Å². The first-order valence-electron chi connectivity index (χ1n) is 12.7. The van der Waals surface area contributed by atoms with E-state index >= 15 is 0 Å². The smallest absolute Gasteiger partial charge is 0.259 e. The number of nitrogens with zero attached hydrogens (tertiary/aromatic N) is 4. The summed E-state index contributed by atoms with van der Waals surface area (Å²) < 4.78 is 26.3. The van der Waals surface area contributed by atoms with E-state index in [9.17, 15) is 4.21 Å². The Bertz CT molecular complexity index is 1160. The van der Waals surface area contributed by atoms with Crippen LogP contribution >= 0.6 is 11.3 Å². The number of hydrogen-bond donors (Lipinski definition) is 2. The summed E-state index contributed by atoms with van der Waals surface area (Å²) in [5, 5.41) is 4.15. The van der Waals surface area contributed by atoms with Crippen LogP contribution in [0, 0.1) is 12.8 Å². The maximum atomic E-state index is 12.0. The van der Waals surface area contributed by atoms with E-state index in [4.69, 9.17) is 9.47 Å². The standard InChI is InChI=1S/C20H25N5O3S2.C6H13N/c1-6-7-16-21-11-10-14(23-16)18-20(22-13(4)29-18)28-15-8-9-17(24-19(15)27-5)25-30(26)12(2)3;1-6-3-2-4-7-5-6/h8-12H,6-7H2,1-5H3,(H,24,25);6-7H,2-5H2,1H3. The predicted molar refractivity (Wildman–Crippen MR) is 151 cm³/mol. The molecule has 9 nitrogen and oxygen atoms in total. The number of pyridine rings is 1. The van der Waals surface area contributed by atoms with Crippen LogP contribution in [0.3, 0.4) is 0 Å². The Labute approximate surface area is 226 Å².